The van der Waals surface area contributed by atoms with Crippen LogP contribution in [0.5, 0.6) is 0 Å². The van der Waals surface area contributed by atoms with Crippen LogP contribution in [0.1, 0.15) is 31.4 Å². The molecule has 0 bridgehead atoms. The highest BCUT2D eigenvalue weighted by molar-refractivity contribution is 7.89. The number of carbonyl (C=O) groups is 1. The Hall–Kier alpha value is -1.44. The largest absolute Gasteiger partial charge is 0.368 e. The second kappa shape index (κ2) is 6.13. The highest BCUT2D eigenvalue weighted by Crippen LogP contribution is 2.26. The molecule has 3 N–H and O–H groups in total. The summed E-state index contributed by atoms with van der Waals surface area (Å²) in [4.78, 5) is 11.6. The van der Waals surface area contributed by atoms with Crippen molar-refractivity contribution < 1.29 is 13.2 Å². The topological polar surface area (TPSA) is 92.5 Å². The van der Waals surface area contributed by atoms with Crippen molar-refractivity contribution in [3.63, 3.8) is 0 Å². The zero-order valence-electron chi connectivity index (χ0n) is 12.2. The average molecular weight is 311 g/mol. The summed E-state index contributed by atoms with van der Waals surface area (Å²) in [6.45, 7) is 2.33. The third-order valence-corrected chi connectivity index (χ3v) is 5.87. The first-order chi connectivity index (χ1) is 9.87. The fraction of sp³-hybridized carbons (Fsp3) is 0.500. The maximum atomic E-state index is 12.6. The Morgan fingerprint density at radius 3 is 2.52 bits per heavy atom. The van der Waals surface area contributed by atoms with E-state index < -0.39 is 22.0 Å². The lowest BCUT2D eigenvalue weighted by atomic mass is 10.1. The molecule has 21 heavy (non-hydrogen) atoms. The monoisotopic (exact) mass is 311 g/mol. The van der Waals surface area contributed by atoms with Gasteiger partial charge in [0.25, 0.3) is 0 Å². The van der Waals surface area contributed by atoms with Gasteiger partial charge in [0.05, 0.1) is 4.90 Å². The van der Waals surface area contributed by atoms with E-state index in [9.17, 15) is 13.2 Å². The molecule has 1 aliphatic heterocycles. The molecule has 1 amide bonds. The van der Waals surface area contributed by atoms with Crippen molar-refractivity contribution in [2.45, 2.75) is 36.7 Å². The molecule has 1 aliphatic rings. The maximum absolute atomic E-state index is 12.6. The molecule has 0 aliphatic carbocycles. The van der Waals surface area contributed by atoms with Crippen molar-refractivity contribution in [3.8, 4) is 0 Å². The first kappa shape index (κ1) is 15.9. The summed E-state index contributed by atoms with van der Waals surface area (Å²) < 4.78 is 26.4. The number of nitrogens with zero attached hydrogens (tertiary/aromatic N) is 1. The summed E-state index contributed by atoms with van der Waals surface area (Å²) in [7, 11) is -1.83. The number of carbonyl (C=O) groups excluding carboxylic acids is 1. The number of primary amides is 1. The number of hydrogen-bond acceptors (Lipinski definition) is 4. The van der Waals surface area contributed by atoms with E-state index in [0.717, 1.165) is 5.56 Å². The minimum atomic E-state index is -3.67. The van der Waals surface area contributed by atoms with Crippen molar-refractivity contribution in [1.29, 1.82) is 0 Å². The Bertz CT molecular complexity index is 613. The molecule has 2 atom stereocenters. The van der Waals surface area contributed by atoms with Gasteiger partial charge < -0.3 is 11.1 Å². The smallest absolute Gasteiger partial charge is 0.243 e. The highest BCUT2D eigenvalue weighted by Gasteiger charge is 2.38. The van der Waals surface area contributed by atoms with Crippen molar-refractivity contribution in [2.24, 2.45) is 5.73 Å². The highest BCUT2D eigenvalue weighted by atomic mass is 32.2. The van der Waals surface area contributed by atoms with E-state index >= 15 is 0 Å². The van der Waals surface area contributed by atoms with Gasteiger partial charge in [0, 0.05) is 12.6 Å². The number of nitrogens with two attached hydrogens (primary N) is 1. The van der Waals surface area contributed by atoms with E-state index in [4.69, 9.17) is 5.73 Å². The lowest BCUT2D eigenvalue weighted by Crippen LogP contribution is -2.43. The second-order valence-corrected chi connectivity index (χ2v) is 7.15. The Morgan fingerprint density at radius 2 is 2.00 bits per heavy atom. The lowest BCUT2D eigenvalue weighted by Gasteiger charge is -2.22. The van der Waals surface area contributed by atoms with Gasteiger partial charge in [0.1, 0.15) is 6.04 Å². The van der Waals surface area contributed by atoms with E-state index in [2.05, 4.69) is 5.32 Å². The summed E-state index contributed by atoms with van der Waals surface area (Å²) >= 11 is 0. The molecule has 1 aromatic rings. The Kier molecular flexibility index (Phi) is 4.65. The van der Waals surface area contributed by atoms with E-state index in [-0.39, 0.29) is 10.9 Å². The van der Waals surface area contributed by atoms with Gasteiger partial charge in [-0.2, -0.15) is 4.31 Å². The molecule has 1 fully saturated rings. The van der Waals surface area contributed by atoms with Crippen LogP contribution in [0, 0.1) is 0 Å². The Balaban J connectivity index is 2.29. The summed E-state index contributed by atoms with van der Waals surface area (Å²) in [5.74, 6) is -0.587. The SMILES string of the molecule is CNC(C)c1ccc(S(=O)(=O)N2CCCC2C(N)=O)cc1. The van der Waals surface area contributed by atoms with Crippen molar-refractivity contribution in [2.75, 3.05) is 13.6 Å². The van der Waals surface area contributed by atoms with Crippen LogP contribution in [0.2, 0.25) is 0 Å². The molecular formula is C14H21N3O3S. The zero-order chi connectivity index (χ0) is 15.6. The van der Waals surface area contributed by atoms with Crippen LogP contribution >= 0.6 is 0 Å². The third-order valence-electron chi connectivity index (χ3n) is 3.95. The van der Waals surface area contributed by atoms with Gasteiger partial charge in [-0.25, -0.2) is 8.42 Å². The van der Waals surface area contributed by atoms with Crippen LogP contribution in [0.3, 0.4) is 0 Å². The summed E-state index contributed by atoms with van der Waals surface area (Å²) in [5, 5.41) is 3.10. The van der Waals surface area contributed by atoms with Crippen LogP contribution in [-0.4, -0.2) is 38.3 Å². The molecule has 2 rings (SSSR count). The fourth-order valence-electron chi connectivity index (χ4n) is 2.54. The molecule has 7 heteroatoms. The van der Waals surface area contributed by atoms with Crippen LogP contribution in [0.25, 0.3) is 0 Å². The van der Waals surface area contributed by atoms with Gasteiger partial charge >= 0.3 is 0 Å². The molecule has 0 radical (unpaired) electrons. The number of amides is 1. The number of rotatable bonds is 5. The van der Waals surface area contributed by atoms with Crippen LogP contribution in [-0.2, 0) is 14.8 Å². The van der Waals surface area contributed by atoms with Crippen LogP contribution in [0.4, 0.5) is 0 Å². The molecule has 1 heterocycles. The third kappa shape index (κ3) is 3.09. The van der Waals surface area contributed by atoms with Crippen molar-refractivity contribution in [1.82, 2.24) is 9.62 Å². The number of benzene rings is 1. The number of nitrogens with one attached hydrogen (secondary N) is 1. The van der Waals surface area contributed by atoms with Gasteiger partial charge in [0.15, 0.2) is 0 Å². The lowest BCUT2D eigenvalue weighted by molar-refractivity contribution is -0.121. The van der Waals surface area contributed by atoms with E-state index in [1.807, 2.05) is 14.0 Å². The molecule has 2 unspecified atom stereocenters. The molecule has 0 spiro atoms. The Morgan fingerprint density at radius 1 is 1.38 bits per heavy atom. The summed E-state index contributed by atoms with van der Waals surface area (Å²) in [5.41, 5.74) is 6.30. The van der Waals surface area contributed by atoms with Gasteiger partial charge in [-0.05, 0) is 44.5 Å². The summed E-state index contributed by atoms with van der Waals surface area (Å²) in [6.07, 6.45) is 1.14. The zero-order valence-corrected chi connectivity index (χ0v) is 13.1. The molecular weight excluding hydrogens is 290 g/mol. The Labute approximate surface area is 125 Å². The molecule has 116 valence electrons. The van der Waals surface area contributed by atoms with Gasteiger partial charge in [-0.3, -0.25) is 4.79 Å². The maximum Gasteiger partial charge on any atom is 0.243 e. The van der Waals surface area contributed by atoms with E-state index in [0.29, 0.717) is 19.4 Å². The van der Waals surface area contributed by atoms with E-state index in [1.165, 1.54) is 4.31 Å². The quantitative estimate of drug-likeness (QED) is 0.833. The predicted octanol–water partition coefficient (Wildman–Crippen LogP) is 0.605. The van der Waals surface area contributed by atoms with Crippen LogP contribution in [0.15, 0.2) is 29.2 Å². The van der Waals surface area contributed by atoms with Gasteiger partial charge in [-0.15, -0.1) is 0 Å². The average Bonchev–Trinajstić information content (AvgIpc) is 2.97. The molecule has 0 saturated carbocycles. The van der Waals surface area contributed by atoms with Crippen molar-refractivity contribution in [3.05, 3.63) is 29.8 Å². The van der Waals surface area contributed by atoms with Gasteiger partial charge in [0.2, 0.25) is 15.9 Å². The molecule has 1 saturated heterocycles. The number of sulfonamides is 1. The molecule has 1 aromatic carbocycles. The normalized spacial score (nSPS) is 21.3. The van der Waals surface area contributed by atoms with Crippen molar-refractivity contribution >= 4 is 15.9 Å². The minimum Gasteiger partial charge on any atom is -0.368 e. The second-order valence-electron chi connectivity index (χ2n) is 5.26. The first-order valence-corrected chi connectivity index (χ1v) is 8.40. The summed E-state index contributed by atoms with van der Waals surface area (Å²) in [6, 6.07) is 6.13. The van der Waals surface area contributed by atoms with E-state index in [1.54, 1.807) is 24.3 Å². The minimum absolute atomic E-state index is 0.145. The molecule has 6 nitrogen and oxygen atoms in total. The fourth-order valence-corrected chi connectivity index (χ4v) is 4.21. The standard InChI is InChI=1S/C14H21N3O3S/c1-10(16-2)11-5-7-12(8-6-11)21(19,20)17-9-3-4-13(17)14(15)18/h5-8,10,13,16H,3-4,9H2,1-2H3,(H2,15,18). The van der Waals surface area contributed by atoms with Gasteiger partial charge in [-0.1, -0.05) is 12.1 Å². The number of hydrogen-bond donors (Lipinski definition) is 2. The van der Waals surface area contributed by atoms with Crippen LogP contribution < -0.4 is 11.1 Å². The molecule has 0 aromatic heterocycles. The predicted molar refractivity (Wildman–Crippen MR) is 80.0 cm³/mol. The first-order valence-electron chi connectivity index (χ1n) is 6.96.